The molecule has 0 heterocycles. The predicted octanol–water partition coefficient (Wildman–Crippen LogP) is -2.97. The van der Waals surface area contributed by atoms with Crippen molar-refractivity contribution in [3.8, 4) is 0 Å². The first-order valence-electron chi connectivity index (χ1n) is 24.6. The van der Waals surface area contributed by atoms with Gasteiger partial charge in [-0.2, -0.15) is 0 Å². The number of guanidine groups is 3. The molecule has 9 atom stereocenters. The predicted molar refractivity (Wildman–Crippen MR) is 274 cm³/mol. The van der Waals surface area contributed by atoms with Gasteiger partial charge in [-0.05, 0) is 88.0 Å². The fourth-order valence-corrected chi connectivity index (χ4v) is 6.99. The van der Waals surface area contributed by atoms with E-state index in [4.69, 9.17) is 45.9 Å². The van der Waals surface area contributed by atoms with E-state index in [9.17, 15) is 33.6 Å². The van der Waals surface area contributed by atoms with Crippen molar-refractivity contribution in [2.75, 3.05) is 32.7 Å². The van der Waals surface area contributed by atoms with Crippen LogP contribution in [0.2, 0.25) is 0 Å². The summed E-state index contributed by atoms with van der Waals surface area (Å²) in [5, 5.41) is 19.5. The molecule has 0 aliphatic carbocycles. The van der Waals surface area contributed by atoms with Gasteiger partial charge in [0.1, 0.15) is 36.3 Å². The minimum absolute atomic E-state index is 0.0527. The van der Waals surface area contributed by atoms with Crippen LogP contribution in [0.25, 0.3) is 0 Å². The van der Waals surface area contributed by atoms with E-state index in [1.54, 1.807) is 27.7 Å². The van der Waals surface area contributed by atoms with Crippen molar-refractivity contribution >= 4 is 59.2 Å². The van der Waals surface area contributed by atoms with E-state index >= 15 is 0 Å². The second-order valence-electron chi connectivity index (χ2n) is 18.5. The van der Waals surface area contributed by atoms with E-state index in [0.29, 0.717) is 51.6 Å². The molecule has 0 saturated heterocycles. The van der Waals surface area contributed by atoms with Crippen molar-refractivity contribution < 1.29 is 33.6 Å². The molecule has 0 aromatic rings. The van der Waals surface area contributed by atoms with Crippen LogP contribution in [0.3, 0.4) is 0 Å². The lowest BCUT2D eigenvalue weighted by atomic mass is 9.95. The summed E-state index contributed by atoms with van der Waals surface area (Å²) in [6.07, 6.45) is 3.95. The molecule has 402 valence electrons. The molecule has 0 fully saturated rings. The maximum Gasteiger partial charge on any atom is 0.243 e. The molecular weight excluding hydrogens is 905 g/mol. The molecule has 0 saturated carbocycles. The monoisotopic (exact) mass is 995 g/mol. The molecule has 0 radical (unpaired) electrons. The highest BCUT2D eigenvalue weighted by atomic mass is 16.2. The van der Waals surface area contributed by atoms with Crippen molar-refractivity contribution in [1.29, 1.82) is 0 Å². The normalized spacial score (nSPS) is 15.0. The Morgan fingerprint density at radius 1 is 0.457 bits per heavy atom. The average molecular weight is 995 g/mol. The highest BCUT2D eigenvalue weighted by molar-refractivity contribution is 5.97. The Morgan fingerprint density at radius 2 is 0.843 bits per heavy atom. The number of hydrogen-bond acceptors (Lipinski definition) is 12. The van der Waals surface area contributed by atoms with Gasteiger partial charge in [0, 0.05) is 26.2 Å². The molecule has 0 rings (SSSR count). The highest BCUT2D eigenvalue weighted by Crippen LogP contribution is 2.15. The topological polar surface area (TPSA) is 449 Å². The zero-order valence-corrected chi connectivity index (χ0v) is 43.0. The summed E-state index contributed by atoms with van der Waals surface area (Å²) in [6.45, 7) is 15.8. The van der Waals surface area contributed by atoms with Crippen LogP contribution in [-0.4, -0.2) is 134 Å². The van der Waals surface area contributed by atoms with E-state index in [-0.39, 0.29) is 81.5 Å². The highest BCUT2D eigenvalue weighted by Gasteiger charge is 2.37. The van der Waals surface area contributed by atoms with Gasteiger partial charge in [-0.15, -0.1) is 0 Å². The molecule has 23 N–H and O–H groups in total. The van der Waals surface area contributed by atoms with Crippen LogP contribution in [0.15, 0.2) is 15.0 Å². The van der Waals surface area contributed by atoms with Crippen LogP contribution in [0.1, 0.15) is 126 Å². The first-order valence-corrected chi connectivity index (χ1v) is 24.6. The van der Waals surface area contributed by atoms with Crippen LogP contribution in [0, 0.1) is 23.7 Å². The van der Waals surface area contributed by atoms with Crippen molar-refractivity contribution in [3.05, 3.63) is 0 Å². The molecule has 0 aliphatic heterocycles. The van der Waals surface area contributed by atoms with Crippen LogP contribution in [-0.2, 0) is 33.6 Å². The molecule has 0 aliphatic rings. The van der Waals surface area contributed by atoms with Crippen molar-refractivity contribution in [2.24, 2.45) is 84.5 Å². The third-order valence-corrected chi connectivity index (χ3v) is 11.6. The third kappa shape index (κ3) is 26.7. The number of rotatable bonds is 36. The number of aliphatic imine (C=N–C) groups is 3. The number of nitrogens with one attached hydrogen (secondary N) is 7. The molecule has 0 bridgehead atoms. The van der Waals surface area contributed by atoms with Gasteiger partial charge in [0.15, 0.2) is 17.9 Å². The van der Waals surface area contributed by atoms with Gasteiger partial charge < -0.3 is 83.1 Å². The summed E-state index contributed by atoms with van der Waals surface area (Å²) >= 11 is 0. The fourth-order valence-electron chi connectivity index (χ4n) is 6.99. The minimum Gasteiger partial charge on any atom is -0.370 e. The quantitative estimate of drug-likeness (QED) is 0.0169. The number of hydrogen-bond donors (Lipinski definition) is 15. The summed E-state index contributed by atoms with van der Waals surface area (Å²) in [4.78, 5) is 109. The SMILES string of the molecule is CC[C@H](C)[C@H](NC(=O)[C@H](N)CCCN=C(N)N)C(=O)N[C@@H](CC(C)C)C(=O)N[C@H](C(=O)N[C@H](C(=O)N[C@H](CCCN=C(N)N)C(=O)N[C@H](CCCN=C(N)N)C(=O)NCCCCN)[C@@H](C)CC)C(C)C. The Hall–Kier alpha value is -5.98. The van der Waals surface area contributed by atoms with E-state index < -0.39 is 95.5 Å². The summed E-state index contributed by atoms with van der Waals surface area (Å²) < 4.78 is 0. The molecule has 0 spiro atoms. The standard InChI is InChI=1S/C45H90N18O7/c1-9-27(7)34(62-36(64)29(47)16-13-21-55-43(48)49)42(70)60-32(24-25(3)4)39(67)61-33(26(5)6)40(68)63-35(28(8)10-2)41(69)59-31(18-15-23-57-45(52)53)38(66)58-30(17-14-22-56-44(50)51)37(65)54-20-12-11-19-46/h25-35H,9-24,46-47H2,1-8H3,(H,54,65)(H,58,66)(H,59,69)(H,60,70)(H,61,67)(H,62,64)(H,63,68)(H4,48,49,55)(H4,50,51,56)(H4,52,53,57)/t27-,28-,29+,30+,31+,32-,33-,34-,35-/m0/s1. The van der Waals surface area contributed by atoms with E-state index in [2.05, 4.69) is 52.2 Å². The largest absolute Gasteiger partial charge is 0.370 e. The smallest absolute Gasteiger partial charge is 0.243 e. The van der Waals surface area contributed by atoms with Crippen molar-refractivity contribution in [3.63, 3.8) is 0 Å². The summed E-state index contributed by atoms with van der Waals surface area (Å²) in [7, 11) is 0. The maximum absolute atomic E-state index is 14.3. The molecule has 0 unspecified atom stereocenters. The molecule has 0 aromatic carbocycles. The van der Waals surface area contributed by atoms with Gasteiger partial charge in [-0.3, -0.25) is 48.5 Å². The van der Waals surface area contributed by atoms with Gasteiger partial charge >= 0.3 is 0 Å². The van der Waals surface area contributed by atoms with Crippen molar-refractivity contribution in [2.45, 2.75) is 168 Å². The van der Waals surface area contributed by atoms with Crippen LogP contribution in [0.4, 0.5) is 0 Å². The summed E-state index contributed by atoms with van der Waals surface area (Å²) in [6, 6.07) is -7.68. The van der Waals surface area contributed by atoms with Crippen molar-refractivity contribution in [1.82, 2.24) is 37.2 Å². The Kier molecular flexibility index (Phi) is 32.2. The summed E-state index contributed by atoms with van der Waals surface area (Å²) in [5.41, 5.74) is 44.5. The Morgan fingerprint density at radius 3 is 1.27 bits per heavy atom. The minimum atomic E-state index is -1.20. The number of amides is 7. The third-order valence-electron chi connectivity index (χ3n) is 11.6. The van der Waals surface area contributed by atoms with Gasteiger partial charge in [0.25, 0.3) is 0 Å². The van der Waals surface area contributed by atoms with Gasteiger partial charge in [0.05, 0.1) is 6.04 Å². The summed E-state index contributed by atoms with van der Waals surface area (Å²) in [5.74, 6) is -6.05. The Labute approximate surface area is 414 Å². The van der Waals surface area contributed by atoms with Crippen LogP contribution < -0.4 is 83.1 Å². The molecule has 0 aromatic heterocycles. The lowest BCUT2D eigenvalue weighted by molar-refractivity contribution is -0.137. The molecule has 70 heavy (non-hydrogen) atoms. The molecule has 25 heteroatoms. The average Bonchev–Trinajstić information content (AvgIpc) is 3.29. The van der Waals surface area contributed by atoms with E-state index in [0.717, 1.165) is 0 Å². The Balaban J connectivity index is 6.55. The molecule has 7 amide bonds. The molecule has 25 nitrogen and oxygen atoms in total. The second-order valence-corrected chi connectivity index (χ2v) is 18.5. The van der Waals surface area contributed by atoms with Gasteiger partial charge in [0.2, 0.25) is 41.4 Å². The maximum atomic E-state index is 14.3. The number of unbranched alkanes of at least 4 members (excludes halogenated alkanes) is 1. The number of nitrogens with zero attached hydrogens (tertiary/aromatic N) is 3. The first kappa shape index (κ1) is 64.0. The number of carbonyl (C=O) groups is 7. The fraction of sp³-hybridized carbons (Fsp3) is 0.778. The first-order chi connectivity index (χ1) is 32.9. The Bertz CT molecular complexity index is 1720. The van der Waals surface area contributed by atoms with Crippen LogP contribution >= 0.6 is 0 Å². The lowest BCUT2D eigenvalue weighted by Crippen LogP contribution is -2.62. The second kappa shape index (κ2) is 35.2. The molecular formula is C45H90N18O7. The van der Waals surface area contributed by atoms with Gasteiger partial charge in [-0.1, -0.05) is 68.2 Å². The zero-order valence-electron chi connectivity index (χ0n) is 43.0. The lowest BCUT2D eigenvalue weighted by Gasteiger charge is -2.31. The van der Waals surface area contributed by atoms with Crippen LogP contribution in [0.5, 0.6) is 0 Å². The van der Waals surface area contributed by atoms with Gasteiger partial charge in [-0.25, -0.2) is 0 Å². The number of carbonyl (C=O) groups excluding carboxylic acids is 7. The van der Waals surface area contributed by atoms with E-state index in [1.807, 2.05) is 27.7 Å². The zero-order chi connectivity index (χ0) is 53.5. The number of nitrogens with two attached hydrogens (primary N) is 8. The van der Waals surface area contributed by atoms with E-state index in [1.165, 1.54) is 0 Å².